The second-order valence-electron chi connectivity index (χ2n) is 5.39. The van der Waals surface area contributed by atoms with Gasteiger partial charge in [-0.25, -0.2) is 4.39 Å². The van der Waals surface area contributed by atoms with Gasteiger partial charge in [0, 0.05) is 21.8 Å². The number of hydrogen-bond acceptors (Lipinski definition) is 3. The highest BCUT2D eigenvalue weighted by Gasteiger charge is 2.19. The molecule has 0 bridgehead atoms. The van der Waals surface area contributed by atoms with E-state index in [2.05, 4.69) is 0 Å². The Labute approximate surface area is 131 Å². The van der Waals surface area contributed by atoms with E-state index in [0.29, 0.717) is 11.1 Å². The Morgan fingerprint density at radius 1 is 0.870 bits per heavy atom. The molecule has 0 aliphatic heterocycles. The Morgan fingerprint density at radius 3 is 2.48 bits per heavy atom. The van der Waals surface area contributed by atoms with Gasteiger partial charge in [0.25, 0.3) is 0 Å². The first-order valence-corrected chi connectivity index (χ1v) is 7.21. The lowest BCUT2D eigenvalue weighted by Crippen LogP contribution is -2.32. The molecule has 5 heteroatoms. The first-order valence-electron chi connectivity index (χ1n) is 7.21. The van der Waals surface area contributed by atoms with Crippen LogP contribution in [-0.2, 0) is 0 Å². The van der Waals surface area contributed by atoms with Gasteiger partial charge in [-0.2, -0.15) is 0 Å². The highest BCUT2D eigenvalue weighted by molar-refractivity contribution is 6.58. The number of halogens is 1. The van der Waals surface area contributed by atoms with Gasteiger partial charge in [-0.05, 0) is 17.7 Å². The second kappa shape index (κ2) is 5.23. The molecule has 4 aromatic rings. The zero-order valence-corrected chi connectivity index (χ0v) is 12.0. The highest BCUT2D eigenvalue weighted by atomic mass is 19.1. The summed E-state index contributed by atoms with van der Waals surface area (Å²) in [7, 11) is -1.86. The summed E-state index contributed by atoms with van der Waals surface area (Å²) in [5.41, 5.74) is 2.76. The van der Waals surface area contributed by atoms with E-state index in [-0.39, 0.29) is 5.46 Å². The van der Waals surface area contributed by atoms with Crippen LogP contribution in [0, 0.1) is 5.82 Å². The van der Waals surface area contributed by atoms with Crippen LogP contribution < -0.4 is 5.46 Å². The normalized spacial score (nSPS) is 11.3. The number of furan rings is 1. The molecule has 0 amide bonds. The van der Waals surface area contributed by atoms with Crippen LogP contribution >= 0.6 is 0 Å². The van der Waals surface area contributed by atoms with Crippen molar-refractivity contribution in [3.8, 4) is 11.1 Å². The number of para-hydroxylation sites is 2. The summed E-state index contributed by atoms with van der Waals surface area (Å²) in [6.45, 7) is 0. The summed E-state index contributed by atoms with van der Waals surface area (Å²) in [6, 6.07) is 17.7. The molecule has 0 saturated heterocycles. The van der Waals surface area contributed by atoms with Crippen LogP contribution in [0.1, 0.15) is 0 Å². The van der Waals surface area contributed by atoms with Crippen molar-refractivity contribution in [3.05, 3.63) is 66.5 Å². The SMILES string of the molecule is OB(O)c1cc(-c2cccc3c2oc2ccccc23)ccc1F. The molecule has 23 heavy (non-hydrogen) atoms. The van der Waals surface area contributed by atoms with E-state index in [1.807, 2.05) is 42.5 Å². The molecule has 0 aliphatic carbocycles. The van der Waals surface area contributed by atoms with Crippen molar-refractivity contribution in [2.45, 2.75) is 0 Å². The van der Waals surface area contributed by atoms with Crippen LogP contribution in [0.5, 0.6) is 0 Å². The van der Waals surface area contributed by atoms with Crippen LogP contribution in [0.15, 0.2) is 65.1 Å². The number of rotatable bonds is 2. The molecule has 3 aromatic carbocycles. The summed E-state index contributed by atoms with van der Waals surface area (Å²) in [6.07, 6.45) is 0. The Hall–Kier alpha value is -2.63. The average Bonchev–Trinajstić information content (AvgIpc) is 2.94. The minimum Gasteiger partial charge on any atom is -0.455 e. The maximum atomic E-state index is 13.7. The zero-order valence-electron chi connectivity index (χ0n) is 12.0. The van der Waals surface area contributed by atoms with E-state index in [1.54, 1.807) is 6.07 Å². The first kappa shape index (κ1) is 14.0. The van der Waals surface area contributed by atoms with Crippen molar-refractivity contribution in [1.82, 2.24) is 0 Å². The third-order valence-electron chi connectivity index (χ3n) is 3.99. The Kier molecular flexibility index (Phi) is 3.18. The van der Waals surface area contributed by atoms with Crippen molar-refractivity contribution in [2.75, 3.05) is 0 Å². The molecule has 4 rings (SSSR count). The number of benzene rings is 3. The maximum Gasteiger partial charge on any atom is 0.491 e. The highest BCUT2D eigenvalue weighted by Crippen LogP contribution is 2.35. The van der Waals surface area contributed by atoms with Crippen LogP contribution in [0.3, 0.4) is 0 Å². The van der Waals surface area contributed by atoms with E-state index >= 15 is 0 Å². The standard InChI is InChI=1S/C18H12BFO3/c20-16-9-8-11(10-15(16)19(21)22)12-5-3-6-14-13-4-1-2-7-17(13)23-18(12)14/h1-10,21-22H. The van der Waals surface area contributed by atoms with E-state index < -0.39 is 12.9 Å². The molecule has 0 saturated carbocycles. The van der Waals surface area contributed by atoms with Crippen LogP contribution in [0.2, 0.25) is 0 Å². The molecular formula is C18H12BFO3. The monoisotopic (exact) mass is 306 g/mol. The van der Waals surface area contributed by atoms with Crippen LogP contribution in [-0.4, -0.2) is 17.2 Å². The van der Waals surface area contributed by atoms with E-state index in [9.17, 15) is 14.4 Å². The fourth-order valence-corrected chi connectivity index (χ4v) is 2.88. The third kappa shape index (κ3) is 2.22. The van der Waals surface area contributed by atoms with Crippen molar-refractivity contribution in [2.24, 2.45) is 0 Å². The Morgan fingerprint density at radius 2 is 1.65 bits per heavy atom. The predicted molar refractivity (Wildman–Crippen MR) is 88.9 cm³/mol. The predicted octanol–water partition coefficient (Wildman–Crippen LogP) is 3.07. The number of hydrogen-bond donors (Lipinski definition) is 2. The Balaban J connectivity index is 2.01. The van der Waals surface area contributed by atoms with Crippen LogP contribution in [0.25, 0.3) is 33.1 Å². The van der Waals surface area contributed by atoms with Crippen molar-refractivity contribution >= 4 is 34.5 Å². The van der Waals surface area contributed by atoms with E-state index in [1.165, 1.54) is 12.1 Å². The van der Waals surface area contributed by atoms with Gasteiger partial charge in [-0.1, -0.05) is 48.5 Å². The lowest BCUT2D eigenvalue weighted by molar-refractivity contribution is 0.423. The smallest absolute Gasteiger partial charge is 0.455 e. The molecule has 0 aliphatic rings. The van der Waals surface area contributed by atoms with Gasteiger partial charge in [0.15, 0.2) is 0 Å². The summed E-state index contributed by atoms with van der Waals surface area (Å²) in [5, 5.41) is 20.6. The second-order valence-corrected chi connectivity index (χ2v) is 5.39. The molecule has 0 unspecified atom stereocenters. The van der Waals surface area contributed by atoms with E-state index in [0.717, 1.165) is 21.9 Å². The van der Waals surface area contributed by atoms with Gasteiger partial charge in [-0.15, -0.1) is 0 Å². The topological polar surface area (TPSA) is 53.6 Å². The maximum absolute atomic E-state index is 13.7. The lowest BCUT2D eigenvalue weighted by atomic mass is 9.78. The van der Waals surface area contributed by atoms with Gasteiger partial charge >= 0.3 is 7.12 Å². The number of fused-ring (bicyclic) bond motifs is 3. The van der Waals surface area contributed by atoms with Gasteiger partial charge in [0.2, 0.25) is 0 Å². The molecule has 3 nitrogen and oxygen atoms in total. The molecule has 112 valence electrons. The minimum atomic E-state index is -1.86. The van der Waals surface area contributed by atoms with Crippen molar-refractivity contribution in [1.29, 1.82) is 0 Å². The summed E-state index contributed by atoms with van der Waals surface area (Å²) in [5.74, 6) is -0.652. The lowest BCUT2D eigenvalue weighted by Gasteiger charge is -2.07. The molecule has 0 atom stereocenters. The fourth-order valence-electron chi connectivity index (χ4n) is 2.88. The molecule has 1 aromatic heterocycles. The fraction of sp³-hybridized carbons (Fsp3) is 0. The van der Waals surface area contributed by atoms with E-state index in [4.69, 9.17) is 4.42 Å². The molecular weight excluding hydrogens is 294 g/mol. The summed E-state index contributed by atoms with van der Waals surface area (Å²) >= 11 is 0. The largest absolute Gasteiger partial charge is 0.491 e. The quantitative estimate of drug-likeness (QED) is 0.560. The summed E-state index contributed by atoms with van der Waals surface area (Å²) in [4.78, 5) is 0. The molecule has 1 heterocycles. The average molecular weight is 306 g/mol. The molecule has 2 N–H and O–H groups in total. The summed E-state index contributed by atoms with van der Waals surface area (Å²) < 4.78 is 19.6. The van der Waals surface area contributed by atoms with Gasteiger partial charge in [0.05, 0.1) is 0 Å². The molecule has 0 spiro atoms. The Bertz CT molecular complexity index is 1020. The van der Waals surface area contributed by atoms with Crippen LogP contribution in [0.4, 0.5) is 4.39 Å². The van der Waals surface area contributed by atoms with Gasteiger partial charge in [-0.3, -0.25) is 0 Å². The minimum absolute atomic E-state index is 0.157. The van der Waals surface area contributed by atoms with Crippen molar-refractivity contribution < 1.29 is 18.9 Å². The van der Waals surface area contributed by atoms with Gasteiger partial charge < -0.3 is 14.5 Å². The van der Waals surface area contributed by atoms with Gasteiger partial charge in [0.1, 0.15) is 17.0 Å². The zero-order chi connectivity index (χ0) is 16.0. The molecule has 0 fully saturated rings. The molecule has 0 radical (unpaired) electrons. The first-order chi connectivity index (χ1) is 11.1. The third-order valence-corrected chi connectivity index (χ3v) is 3.99. The van der Waals surface area contributed by atoms with Crippen molar-refractivity contribution in [3.63, 3.8) is 0 Å².